The number of aromatic hydroxyl groups is 1. The summed E-state index contributed by atoms with van der Waals surface area (Å²) in [6.07, 6.45) is 0. The summed E-state index contributed by atoms with van der Waals surface area (Å²) >= 11 is 13.2. The van der Waals surface area contributed by atoms with Crippen LogP contribution in [0.2, 0.25) is 10.0 Å². The summed E-state index contributed by atoms with van der Waals surface area (Å²) in [6.45, 7) is 0.310. The zero-order valence-corrected chi connectivity index (χ0v) is 14.1. The second-order valence-electron chi connectivity index (χ2n) is 4.84. The minimum Gasteiger partial charge on any atom is -0.493 e. The lowest BCUT2D eigenvalue weighted by Gasteiger charge is -2.06. The van der Waals surface area contributed by atoms with E-state index >= 15 is 0 Å². The van der Waals surface area contributed by atoms with Gasteiger partial charge in [0.25, 0.3) is 5.56 Å². The minimum atomic E-state index is -0.366. The van der Waals surface area contributed by atoms with Gasteiger partial charge in [-0.15, -0.1) is 0 Å². The van der Waals surface area contributed by atoms with Crippen molar-refractivity contribution < 1.29 is 5.11 Å². The molecule has 0 spiro atoms. The van der Waals surface area contributed by atoms with Crippen molar-refractivity contribution in [3.05, 3.63) is 74.5 Å². The molecule has 3 aromatic rings. The van der Waals surface area contributed by atoms with Gasteiger partial charge in [0.15, 0.2) is 0 Å². The van der Waals surface area contributed by atoms with Crippen LogP contribution in [0.15, 0.2) is 63.1 Å². The molecule has 3 rings (SSSR count). The third kappa shape index (κ3) is 3.58. The largest absolute Gasteiger partial charge is 0.493 e. The highest BCUT2D eigenvalue weighted by Crippen LogP contribution is 2.35. The van der Waals surface area contributed by atoms with Crippen LogP contribution in [0.5, 0.6) is 5.88 Å². The molecule has 2 N–H and O–H groups in total. The predicted molar refractivity (Wildman–Crippen MR) is 92.8 cm³/mol. The Morgan fingerprint density at radius 2 is 1.91 bits per heavy atom. The van der Waals surface area contributed by atoms with E-state index < -0.39 is 0 Å². The third-order valence-corrected chi connectivity index (χ3v) is 5.00. The van der Waals surface area contributed by atoms with Crippen molar-refractivity contribution in [2.75, 3.05) is 0 Å². The summed E-state index contributed by atoms with van der Waals surface area (Å²) in [7, 11) is 0. The Hall–Kier alpha value is -1.82. The van der Waals surface area contributed by atoms with Crippen LogP contribution in [0.25, 0.3) is 0 Å². The Labute approximate surface area is 146 Å². The van der Waals surface area contributed by atoms with Gasteiger partial charge in [0.05, 0.1) is 11.6 Å². The van der Waals surface area contributed by atoms with E-state index in [1.807, 2.05) is 18.2 Å². The zero-order chi connectivity index (χ0) is 16.4. The van der Waals surface area contributed by atoms with Crippen molar-refractivity contribution in [2.45, 2.75) is 16.3 Å². The van der Waals surface area contributed by atoms with Gasteiger partial charge in [0.2, 0.25) is 5.88 Å². The minimum absolute atomic E-state index is 0.125. The molecule has 0 amide bonds. The van der Waals surface area contributed by atoms with Crippen LogP contribution in [0.4, 0.5) is 0 Å². The Kier molecular flexibility index (Phi) is 4.71. The number of hydrogen-bond donors (Lipinski definition) is 2. The van der Waals surface area contributed by atoms with E-state index in [0.29, 0.717) is 21.5 Å². The van der Waals surface area contributed by atoms with Crippen LogP contribution in [-0.4, -0.2) is 14.9 Å². The summed E-state index contributed by atoms with van der Waals surface area (Å²) in [4.78, 5) is 13.0. The number of H-pyrrole nitrogens is 1. The molecule has 0 saturated carbocycles. The van der Waals surface area contributed by atoms with Crippen LogP contribution in [0.3, 0.4) is 0 Å². The zero-order valence-electron chi connectivity index (χ0n) is 11.8. The molecular weight excluding hydrogens is 355 g/mol. The number of aromatic amines is 1. The van der Waals surface area contributed by atoms with Crippen molar-refractivity contribution in [1.29, 1.82) is 0 Å². The Balaban J connectivity index is 1.91. The molecule has 0 aliphatic heterocycles. The maximum absolute atomic E-state index is 12.1. The van der Waals surface area contributed by atoms with E-state index in [1.165, 1.54) is 4.68 Å². The summed E-state index contributed by atoms with van der Waals surface area (Å²) < 4.78 is 1.38. The number of rotatable bonds is 4. The van der Waals surface area contributed by atoms with E-state index in [0.717, 1.165) is 17.3 Å². The fourth-order valence-corrected chi connectivity index (χ4v) is 3.45. The first-order chi connectivity index (χ1) is 11.0. The van der Waals surface area contributed by atoms with E-state index in [1.54, 1.807) is 30.3 Å². The average Bonchev–Trinajstić information content (AvgIpc) is 2.77. The van der Waals surface area contributed by atoms with Crippen LogP contribution in [-0.2, 0) is 6.54 Å². The number of aromatic nitrogens is 2. The average molecular weight is 367 g/mol. The van der Waals surface area contributed by atoms with Gasteiger partial charge in [-0.1, -0.05) is 59.2 Å². The molecule has 0 saturated heterocycles. The number of hydrogen-bond acceptors (Lipinski definition) is 3. The topological polar surface area (TPSA) is 58.0 Å². The highest BCUT2D eigenvalue weighted by molar-refractivity contribution is 7.99. The Bertz CT molecular complexity index is 905. The number of benzene rings is 2. The highest BCUT2D eigenvalue weighted by atomic mass is 35.5. The first-order valence-electron chi connectivity index (χ1n) is 6.73. The van der Waals surface area contributed by atoms with Gasteiger partial charge < -0.3 is 5.11 Å². The highest BCUT2D eigenvalue weighted by Gasteiger charge is 2.16. The summed E-state index contributed by atoms with van der Waals surface area (Å²) in [5.74, 6) is -0.125. The van der Waals surface area contributed by atoms with Gasteiger partial charge >= 0.3 is 0 Å². The number of nitrogens with zero attached hydrogens (tertiary/aromatic N) is 1. The van der Waals surface area contributed by atoms with Crippen LogP contribution in [0, 0.1) is 0 Å². The second kappa shape index (κ2) is 6.74. The lowest BCUT2D eigenvalue weighted by atomic mass is 10.2. The van der Waals surface area contributed by atoms with Crippen molar-refractivity contribution in [3.63, 3.8) is 0 Å². The van der Waals surface area contributed by atoms with Crippen LogP contribution < -0.4 is 5.56 Å². The van der Waals surface area contributed by atoms with Gasteiger partial charge in [-0.2, -0.15) is 0 Å². The molecular formula is C16H12Cl2N2O2S. The third-order valence-electron chi connectivity index (χ3n) is 3.18. The lowest BCUT2D eigenvalue weighted by molar-refractivity contribution is 0.399. The molecule has 118 valence electrons. The smallest absolute Gasteiger partial charge is 0.282 e. The number of halogens is 2. The summed E-state index contributed by atoms with van der Waals surface area (Å²) in [5, 5.41) is 14.1. The van der Waals surface area contributed by atoms with Gasteiger partial charge in [0, 0.05) is 9.92 Å². The SMILES string of the molecule is O=c1[nH]n(Cc2cccc(Cl)c2)c(O)c1Sc1ccccc1Cl. The maximum Gasteiger partial charge on any atom is 0.282 e. The fraction of sp³-hybridized carbons (Fsp3) is 0.0625. The molecule has 0 aliphatic carbocycles. The normalized spacial score (nSPS) is 10.9. The van der Waals surface area contributed by atoms with Gasteiger partial charge in [0.1, 0.15) is 4.90 Å². The van der Waals surface area contributed by atoms with Crippen LogP contribution >= 0.6 is 35.0 Å². The first kappa shape index (κ1) is 16.1. The molecule has 0 radical (unpaired) electrons. The second-order valence-corrected chi connectivity index (χ2v) is 6.74. The molecule has 1 aromatic heterocycles. The van der Waals surface area contributed by atoms with Crippen molar-refractivity contribution in [2.24, 2.45) is 0 Å². The monoisotopic (exact) mass is 366 g/mol. The molecule has 0 bridgehead atoms. The van der Waals surface area contributed by atoms with E-state index in [4.69, 9.17) is 23.2 Å². The lowest BCUT2D eigenvalue weighted by Crippen LogP contribution is -2.07. The molecule has 23 heavy (non-hydrogen) atoms. The molecule has 4 nitrogen and oxygen atoms in total. The van der Waals surface area contributed by atoms with Gasteiger partial charge in [-0.05, 0) is 29.8 Å². The van der Waals surface area contributed by atoms with E-state index in [9.17, 15) is 9.90 Å². The summed E-state index contributed by atoms with van der Waals surface area (Å²) in [6, 6.07) is 14.4. The maximum atomic E-state index is 12.1. The quantitative estimate of drug-likeness (QED) is 0.719. The molecule has 0 unspecified atom stereocenters. The van der Waals surface area contributed by atoms with Crippen molar-refractivity contribution in [3.8, 4) is 5.88 Å². The first-order valence-corrected chi connectivity index (χ1v) is 8.30. The summed E-state index contributed by atoms with van der Waals surface area (Å²) in [5.41, 5.74) is 0.503. The van der Waals surface area contributed by atoms with Crippen LogP contribution in [0.1, 0.15) is 5.56 Å². The molecule has 0 aliphatic rings. The Morgan fingerprint density at radius 1 is 1.13 bits per heavy atom. The fourth-order valence-electron chi connectivity index (χ4n) is 2.11. The van der Waals surface area contributed by atoms with E-state index in [-0.39, 0.29) is 16.3 Å². The standard InChI is InChI=1S/C16H12Cl2N2O2S/c17-11-5-3-4-10(8-11)9-20-16(22)14(15(21)19-20)23-13-7-2-1-6-12(13)18/h1-8,22H,9H2,(H,19,21). The Morgan fingerprint density at radius 3 is 2.65 bits per heavy atom. The van der Waals surface area contributed by atoms with Gasteiger partial charge in [-0.3, -0.25) is 9.89 Å². The van der Waals surface area contributed by atoms with Crippen molar-refractivity contribution >= 4 is 35.0 Å². The molecule has 7 heteroatoms. The molecule has 1 heterocycles. The van der Waals surface area contributed by atoms with Crippen molar-refractivity contribution in [1.82, 2.24) is 9.78 Å². The molecule has 0 atom stereocenters. The van der Waals surface area contributed by atoms with E-state index in [2.05, 4.69) is 5.10 Å². The van der Waals surface area contributed by atoms with Gasteiger partial charge in [-0.25, -0.2) is 4.68 Å². The predicted octanol–water partition coefficient (Wildman–Crippen LogP) is 4.39. The number of nitrogens with one attached hydrogen (secondary N) is 1. The molecule has 0 fully saturated rings. The molecule has 2 aromatic carbocycles.